The number of benzene rings is 2. The summed E-state index contributed by atoms with van der Waals surface area (Å²) in [5, 5.41) is 0.890. The summed E-state index contributed by atoms with van der Waals surface area (Å²) >= 11 is 0. The van der Waals surface area contributed by atoms with Gasteiger partial charge in [-0.25, -0.2) is 4.79 Å². The molecule has 5 nitrogen and oxygen atoms in total. The van der Waals surface area contributed by atoms with Crippen LogP contribution in [0.5, 0.6) is 11.5 Å². The first-order valence-electron chi connectivity index (χ1n) is 12.1. The third-order valence-electron chi connectivity index (χ3n) is 6.82. The molecule has 5 heteroatoms. The van der Waals surface area contributed by atoms with Crippen molar-refractivity contribution in [2.24, 2.45) is 5.92 Å². The monoisotopic (exact) mass is 449 g/mol. The maximum Gasteiger partial charge on any atom is 0.343 e. The maximum absolute atomic E-state index is 12.7. The smallest absolute Gasteiger partial charge is 0.343 e. The Morgan fingerprint density at radius 3 is 2.73 bits per heavy atom. The van der Waals surface area contributed by atoms with Gasteiger partial charge in [-0.3, -0.25) is 4.90 Å². The molecule has 0 aliphatic carbocycles. The lowest BCUT2D eigenvalue weighted by molar-refractivity contribution is 0.176. The third-order valence-corrected chi connectivity index (χ3v) is 6.82. The van der Waals surface area contributed by atoms with Gasteiger partial charge in [0.2, 0.25) is 0 Å². The maximum atomic E-state index is 12.7. The van der Waals surface area contributed by atoms with Crippen LogP contribution >= 0.6 is 0 Å². The van der Waals surface area contributed by atoms with Crippen molar-refractivity contribution in [3.05, 3.63) is 70.1 Å². The number of nitrogens with zero attached hydrogens (tertiary/aromatic N) is 1. The molecule has 4 rings (SSSR count). The molecular formula is C28H35NO4. The first-order valence-corrected chi connectivity index (χ1v) is 12.1. The van der Waals surface area contributed by atoms with E-state index in [0.29, 0.717) is 29.4 Å². The second kappa shape index (κ2) is 10.9. The Morgan fingerprint density at radius 1 is 1.09 bits per heavy atom. The van der Waals surface area contributed by atoms with Gasteiger partial charge < -0.3 is 13.9 Å². The van der Waals surface area contributed by atoms with E-state index in [1.54, 1.807) is 7.11 Å². The van der Waals surface area contributed by atoms with Crippen molar-refractivity contribution >= 4 is 11.0 Å². The normalized spacial score (nSPS) is 17.7. The van der Waals surface area contributed by atoms with Gasteiger partial charge in [-0.05, 0) is 68.1 Å². The molecule has 0 bridgehead atoms. The summed E-state index contributed by atoms with van der Waals surface area (Å²) in [6.07, 6.45) is 4.46. The van der Waals surface area contributed by atoms with E-state index in [9.17, 15) is 4.79 Å². The molecule has 0 amide bonds. The number of hydrogen-bond donors (Lipinski definition) is 0. The summed E-state index contributed by atoms with van der Waals surface area (Å²) in [7, 11) is 1.71. The van der Waals surface area contributed by atoms with E-state index in [2.05, 4.69) is 36.9 Å². The zero-order chi connectivity index (χ0) is 23.2. The van der Waals surface area contributed by atoms with Gasteiger partial charge in [0.15, 0.2) is 0 Å². The second-order valence-electron chi connectivity index (χ2n) is 9.11. The highest BCUT2D eigenvalue weighted by Gasteiger charge is 2.32. The summed E-state index contributed by atoms with van der Waals surface area (Å²) in [5.41, 5.74) is 2.31. The molecule has 2 atom stereocenters. The Kier molecular flexibility index (Phi) is 7.71. The minimum absolute atomic E-state index is 0.122. The molecule has 2 heterocycles. The van der Waals surface area contributed by atoms with Crippen LogP contribution < -0.4 is 15.1 Å². The Labute approximate surface area is 196 Å². The molecule has 2 unspecified atom stereocenters. The zero-order valence-corrected chi connectivity index (χ0v) is 20.0. The van der Waals surface area contributed by atoms with Crippen LogP contribution in [0.3, 0.4) is 0 Å². The molecule has 0 spiro atoms. The van der Waals surface area contributed by atoms with Crippen LogP contribution in [0.25, 0.3) is 11.0 Å². The van der Waals surface area contributed by atoms with Crippen LogP contribution in [-0.2, 0) is 6.54 Å². The highest BCUT2D eigenvalue weighted by Crippen LogP contribution is 2.40. The predicted octanol–water partition coefficient (Wildman–Crippen LogP) is 6.00. The molecule has 0 fully saturated rings. The van der Waals surface area contributed by atoms with Gasteiger partial charge >= 0.3 is 5.63 Å². The summed E-state index contributed by atoms with van der Waals surface area (Å²) in [6.45, 7) is 8.06. The first kappa shape index (κ1) is 23.4. The zero-order valence-electron chi connectivity index (χ0n) is 20.0. The van der Waals surface area contributed by atoms with E-state index >= 15 is 0 Å². The van der Waals surface area contributed by atoms with Gasteiger partial charge in [-0.15, -0.1) is 0 Å². The summed E-state index contributed by atoms with van der Waals surface area (Å²) < 4.78 is 17.1. The quantitative estimate of drug-likeness (QED) is 0.356. The van der Waals surface area contributed by atoms with E-state index in [1.807, 2.05) is 30.3 Å². The number of hydrogen-bond acceptors (Lipinski definition) is 5. The second-order valence-corrected chi connectivity index (χ2v) is 9.11. The van der Waals surface area contributed by atoms with Gasteiger partial charge in [0.25, 0.3) is 0 Å². The van der Waals surface area contributed by atoms with Crippen LogP contribution in [0.15, 0.2) is 57.7 Å². The Bertz CT molecular complexity index is 1120. The van der Waals surface area contributed by atoms with Gasteiger partial charge in [-0.1, -0.05) is 44.5 Å². The van der Waals surface area contributed by atoms with E-state index in [1.165, 1.54) is 18.4 Å². The van der Waals surface area contributed by atoms with E-state index in [-0.39, 0.29) is 11.5 Å². The molecule has 1 aromatic heterocycles. The molecule has 33 heavy (non-hydrogen) atoms. The largest absolute Gasteiger partial charge is 0.497 e. The molecule has 0 N–H and O–H groups in total. The van der Waals surface area contributed by atoms with Crippen molar-refractivity contribution in [1.29, 1.82) is 0 Å². The highest BCUT2D eigenvalue weighted by molar-refractivity contribution is 5.84. The van der Waals surface area contributed by atoms with Gasteiger partial charge in [0.05, 0.1) is 24.7 Å². The van der Waals surface area contributed by atoms with Crippen molar-refractivity contribution in [2.45, 2.75) is 52.0 Å². The number of fused-ring (bicyclic) bond motifs is 3. The van der Waals surface area contributed by atoms with Crippen LogP contribution in [0, 0.1) is 5.92 Å². The van der Waals surface area contributed by atoms with Crippen molar-refractivity contribution < 1.29 is 13.9 Å². The standard InChI is InChI=1S/C28H35NO4/c1-4-5-15-29(18-21-10-8-12-23(17-21)31-3)16-9-11-22-19-32-27-24-13-6-7-14-25(24)33-28(30)26(27)20(22)2/h6-8,10,12-14,17,20,22H,4-5,9,11,15-16,18-19H2,1-3H3. The van der Waals surface area contributed by atoms with Crippen molar-refractivity contribution in [2.75, 3.05) is 26.8 Å². The Balaban J connectivity index is 1.40. The summed E-state index contributed by atoms with van der Waals surface area (Å²) in [4.78, 5) is 15.3. The van der Waals surface area contributed by atoms with Crippen LogP contribution in [0.4, 0.5) is 0 Å². The van der Waals surface area contributed by atoms with Crippen molar-refractivity contribution in [1.82, 2.24) is 4.90 Å². The van der Waals surface area contributed by atoms with E-state index < -0.39 is 0 Å². The van der Waals surface area contributed by atoms with E-state index in [4.69, 9.17) is 13.9 Å². The van der Waals surface area contributed by atoms with Gasteiger partial charge in [0.1, 0.15) is 17.1 Å². The molecule has 1 aliphatic rings. The van der Waals surface area contributed by atoms with E-state index in [0.717, 1.165) is 43.6 Å². The van der Waals surface area contributed by atoms with Gasteiger partial charge in [-0.2, -0.15) is 0 Å². The molecule has 0 saturated heterocycles. The Hall–Kier alpha value is -2.79. The first-order chi connectivity index (χ1) is 16.1. The molecule has 2 aromatic carbocycles. The minimum Gasteiger partial charge on any atom is -0.497 e. The van der Waals surface area contributed by atoms with Gasteiger partial charge in [0, 0.05) is 12.5 Å². The highest BCUT2D eigenvalue weighted by atomic mass is 16.5. The van der Waals surface area contributed by atoms with Crippen LogP contribution in [0.2, 0.25) is 0 Å². The molecule has 176 valence electrons. The SMILES string of the molecule is CCCCN(CCCC1COc2c(c(=O)oc3ccccc23)C1C)Cc1cccc(OC)c1. The average molecular weight is 450 g/mol. The lowest BCUT2D eigenvalue weighted by Gasteiger charge is -2.31. The van der Waals surface area contributed by atoms with Crippen molar-refractivity contribution in [3.63, 3.8) is 0 Å². The predicted molar refractivity (Wildman–Crippen MR) is 132 cm³/mol. The Morgan fingerprint density at radius 2 is 1.91 bits per heavy atom. The fourth-order valence-corrected chi connectivity index (χ4v) is 4.85. The number of rotatable bonds is 10. The molecular weight excluding hydrogens is 414 g/mol. The molecule has 1 aliphatic heterocycles. The lowest BCUT2D eigenvalue weighted by Crippen LogP contribution is -2.31. The number of ether oxygens (including phenoxy) is 2. The summed E-state index contributed by atoms with van der Waals surface area (Å²) in [5.74, 6) is 2.05. The fourth-order valence-electron chi connectivity index (χ4n) is 4.85. The average Bonchev–Trinajstić information content (AvgIpc) is 2.83. The third kappa shape index (κ3) is 5.41. The van der Waals surface area contributed by atoms with Crippen LogP contribution in [0.1, 0.15) is 56.6 Å². The topological polar surface area (TPSA) is 51.9 Å². The minimum atomic E-state index is -0.261. The molecule has 3 aromatic rings. The number of methoxy groups -OCH3 is 1. The number of unbranched alkanes of at least 4 members (excludes halogenated alkanes) is 1. The van der Waals surface area contributed by atoms with Crippen LogP contribution in [-0.4, -0.2) is 31.7 Å². The number of para-hydroxylation sites is 1. The van der Waals surface area contributed by atoms with Crippen molar-refractivity contribution in [3.8, 4) is 11.5 Å². The fraction of sp³-hybridized carbons (Fsp3) is 0.464. The summed E-state index contributed by atoms with van der Waals surface area (Å²) in [6, 6.07) is 16.0. The molecule has 0 saturated carbocycles. The molecule has 0 radical (unpaired) electrons. The lowest BCUT2D eigenvalue weighted by atomic mass is 9.83.